The highest BCUT2D eigenvalue weighted by Gasteiger charge is 2.15. The molecule has 0 saturated carbocycles. The van der Waals surface area contributed by atoms with Crippen molar-refractivity contribution in [3.63, 3.8) is 0 Å². The maximum absolute atomic E-state index is 5.74. The molecule has 0 unspecified atom stereocenters. The molecule has 2 heterocycles. The summed E-state index contributed by atoms with van der Waals surface area (Å²) in [7, 11) is 1.87. The van der Waals surface area contributed by atoms with Crippen LogP contribution in [0.1, 0.15) is 12.8 Å². The Kier molecular flexibility index (Phi) is 3.40. The minimum absolute atomic E-state index is 0.256. The van der Waals surface area contributed by atoms with Gasteiger partial charge in [0.25, 0.3) is 0 Å². The van der Waals surface area contributed by atoms with Gasteiger partial charge in [-0.05, 0) is 6.07 Å². The van der Waals surface area contributed by atoms with Gasteiger partial charge in [-0.1, -0.05) is 0 Å². The number of hydrogen-bond donors (Lipinski definition) is 1. The molecule has 4 heteroatoms. The van der Waals surface area contributed by atoms with Crippen molar-refractivity contribution < 1.29 is 9.47 Å². The van der Waals surface area contributed by atoms with Gasteiger partial charge in [-0.15, -0.1) is 0 Å². The molecule has 4 nitrogen and oxygen atoms in total. The maximum atomic E-state index is 5.74. The summed E-state index contributed by atoms with van der Waals surface area (Å²) in [4.78, 5) is 4.22. The summed E-state index contributed by atoms with van der Waals surface area (Å²) in [5, 5.41) is 3.02. The number of pyridine rings is 1. The number of nitrogens with one attached hydrogen (secondary N) is 1. The van der Waals surface area contributed by atoms with Crippen molar-refractivity contribution in [2.45, 2.75) is 18.9 Å². The maximum Gasteiger partial charge on any atom is 0.213 e. The first-order valence-electron chi connectivity index (χ1n) is 5.26. The van der Waals surface area contributed by atoms with E-state index >= 15 is 0 Å². The Balaban J connectivity index is 1.91. The van der Waals surface area contributed by atoms with E-state index in [1.807, 2.05) is 19.2 Å². The van der Waals surface area contributed by atoms with Crippen LogP contribution in [0.25, 0.3) is 0 Å². The molecule has 0 amide bonds. The first-order chi connectivity index (χ1) is 7.38. The zero-order chi connectivity index (χ0) is 10.5. The lowest BCUT2D eigenvalue weighted by atomic mass is 10.1. The molecule has 1 saturated heterocycles. The third kappa shape index (κ3) is 2.83. The first-order valence-corrected chi connectivity index (χ1v) is 5.26. The monoisotopic (exact) mass is 208 g/mol. The van der Waals surface area contributed by atoms with Crippen molar-refractivity contribution in [2.24, 2.45) is 0 Å². The fourth-order valence-electron chi connectivity index (χ4n) is 1.56. The lowest BCUT2D eigenvalue weighted by Crippen LogP contribution is -2.26. The highest BCUT2D eigenvalue weighted by atomic mass is 16.5. The van der Waals surface area contributed by atoms with E-state index in [9.17, 15) is 0 Å². The normalized spacial score (nSPS) is 17.4. The summed E-state index contributed by atoms with van der Waals surface area (Å²) in [6.07, 6.45) is 3.94. The Morgan fingerprint density at radius 3 is 2.80 bits per heavy atom. The topological polar surface area (TPSA) is 43.4 Å². The third-order valence-corrected chi connectivity index (χ3v) is 2.48. The second kappa shape index (κ2) is 4.98. The summed E-state index contributed by atoms with van der Waals surface area (Å²) < 4.78 is 11.0. The molecule has 2 rings (SSSR count). The van der Waals surface area contributed by atoms with Crippen LogP contribution < -0.4 is 10.1 Å². The molecule has 0 aromatic carbocycles. The Hall–Kier alpha value is -1.29. The number of aromatic nitrogens is 1. The predicted octanol–water partition coefficient (Wildman–Crippen LogP) is 1.68. The van der Waals surface area contributed by atoms with Crippen LogP contribution in [-0.4, -0.2) is 31.3 Å². The standard InChI is InChI=1S/C11H16N2O2/c1-12-9-2-3-11(13-8-9)15-10-4-6-14-7-5-10/h2-3,8,10,12H,4-7H2,1H3. The molecule has 0 aliphatic carbocycles. The fraction of sp³-hybridized carbons (Fsp3) is 0.545. The van der Waals surface area contributed by atoms with Crippen molar-refractivity contribution in [1.29, 1.82) is 0 Å². The summed E-state index contributed by atoms with van der Waals surface area (Å²) in [5.41, 5.74) is 0.995. The van der Waals surface area contributed by atoms with E-state index in [1.54, 1.807) is 6.20 Å². The van der Waals surface area contributed by atoms with Crippen molar-refractivity contribution in [1.82, 2.24) is 4.98 Å². The van der Waals surface area contributed by atoms with E-state index in [0.29, 0.717) is 5.88 Å². The van der Waals surface area contributed by atoms with Gasteiger partial charge in [-0.25, -0.2) is 4.98 Å². The quantitative estimate of drug-likeness (QED) is 0.820. The van der Waals surface area contributed by atoms with Gasteiger partial charge in [0, 0.05) is 26.0 Å². The van der Waals surface area contributed by atoms with Gasteiger partial charge in [-0.2, -0.15) is 0 Å². The molecule has 1 fully saturated rings. The molecule has 1 aliphatic heterocycles. The molecule has 15 heavy (non-hydrogen) atoms. The highest BCUT2D eigenvalue weighted by Crippen LogP contribution is 2.16. The van der Waals surface area contributed by atoms with Gasteiger partial charge < -0.3 is 14.8 Å². The van der Waals surface area contributed by atoms with E-state index in [4.69, 9.17) is 9.47 Å². The van der Waals surface area contributed by atoms with Gasteiger partial charge >= 0.3 is 0 Å². The lowest BCUT2D eigenvalue weighted by Gasteiger charge is -2.22. The smallest absolute Gasteiger partial charge is 0.213 e. The number of anilines is 1. The average Bonchev–Trinajstić information content (AvgIpc) is 2.31. The molecule has 82 valence electrons. The van der Waals surface area contributed by atoms with Gasteiger partial charge in [0.1, 0.15) is 6.10 Å². The Labute approximate surface area is 89.6 Å². The fourth-order valence-corrected chi connectivity index (χ4v) is 1.56. The highest BCUT2D eigenvalue weighted by molar-refractivity contribution is 5.41. The molecular formula is C11H16N2O2. The summed E-state index contributed by atoms with van der Waals surface area (Å²) in [5.74, 6) is 0.695. The van der Waals surface area contributed by atoms with Crippen molar-refractivity contribution in [2.75, 3.05) is 25.6 Å². The van der Waals surface area contributed by atoms with E-state index in [2.05, 4.69) is 10.3 Å². The summed E-state index contributed by atoms with van der Waals surface area (Å²) in [6, 6.07) is 3.85. The van der Waals surface area contributed by atoms with Crippen LogP contribution in [0.15, 0.2) is 18.3 Å². The summed E-state index contributed by atoms with van der Waals surface area (Å²) >= 11 is 0. The zero-order valence-electron chi connectivity index (χ0n) is 8.90. The molecule has 0 bridgehead atoms. The van der Waals surface area contributed by atoms with Crippen LogP contribution in [0.2, 0.25) is 0 Å². The minimum Gasteiger partial charge on any atom is -0.474 e. The summed E-state index contributed by atoms with van der Waals surface area (Å²) in [6.45, 7) is 1.58. The largest absolute Gasteiger partial charge is 0.474 e. The minimum atomic E-state index is 0.256. The van der Waals surface area contributed by atoms with Crippen LogP contribution in [0, 0.1) is 0 Å². The molecule has 1 aromatic heterocycles. The van der Waals surface area contributed by atoms with Crippen LogP contribution in [-0.2, 0) is 4.74 Å². The number of rotatable bonds is 3. The van der Waals surface area contributed by atoms with Crippen LogP contribution in [0.5, 0.6) is 5.88 Å². The van der Waals surface area contributed by atoms with E-state index in [1.165, 1.54) is 0 Å². The second-order valence-electron chi connectivity index (χ2n) is 3.56. The van der Waals surface area contributed by atoms with E-state index in [0.717, 1.165) is 31.7 Å². The van der Waals surface area contributed by atoms with Gasteiger partial charge in [0.2, 0.25) is 5.88 Å². The lowest BCUT2D eigenvalue weighted by molar-refractivity contribution is 0.0237. The van der Waals surface area contributed by atoms with Crippen molar-refractivity contribution >= 4 is 5.69 Å². The molecule has 0 spiro atoms. The number of nitrogens with zero attached hydrogens (tertiary/aromatic N) is 1. The van der Waals surface area contributed by atoms with E-state index < -0.39 is 0 Å². The molecule has 0 radical (unpaired) electrons. The number of hydrogen-bond acceptors (Lipinski definition) is 4. The van der Waals surface area contributed by atoms with E-state index in [-0.39, 0.29) is 6.10 Å². The average molecular weight is 208 g/mol. The van der Waals surface area contributed by atoms with Crippen LogP contribution in [0.3, 0.4) is 0 Å². The molecule has 1 N–H and O–H groups in total. The molecule has 1 aliphatic rings. The van der Waals surface area contributed by atoms with Gasteiger partial charge in [0.05, 0.1) is 25.1 Å². The predicted molar refractivity (Wildman–Crippen MR) is 58.3 cm³/mol. The van der Waals surface area contributed by atoms with Gasteiger partial charge in [-0.3, -0.25) is 0 Å². The van der Waals surface area contributed by atoms with Crippen LogP contribution >= 0.6 is 0 Å². The molecule has 1 aromatic rings. The Morgan fingerprint density at radius 1 is 1.40 bits per heavy atom. The van der Waals surface area contributed by atoms with Crippen LogP contribution in [0.4, 0.5) is 5.69 Å². The number of ether oxygens (including phenoxy) is 2. The zero-order valence-corrected chi connectivity index (χ0v) is 8.90. The Morgan fingerprint density at radius 2 is 2.20 bits per heavy atom. The second-order valence-corrected chi connectivity index (χ2v) is 3.56. The van der Waals surface area contributed by atoms with Gasteiger partial charge in [0.15, 0.2) is 0 Å². The van der Waals surface area contributed by atoms with Crippen molar-refractivity contribution in [3.8, 4) is 5.88 Å². The SMILES string of the molecule is CNc1ccc(OC2CCOCC2)nc1. The molecular weight excluding hydrogens is 192 g/mol. The molecule has 0 atom stereocenters. The Bertz CT molecular complexity index is 294. The first kappa shape index (κ1) is 10.2. The van der Waals surface area contributed by atoms with Crippen molar-refractivity contribution in [3.05, 3.63) is 18.3 Å². The third-order valence-electron chi connectivity index (χ3n) is 2.48.